The zero-order valence-electron chi connectivity index (χ0n) is 21.4. The van der Waals surface area contributed by atoms with E-state index in [9.17, 15) is 14.4 Å². The van der Waals surface area contributed by atoms with Gasteiger partial charge in [-0.05, 0) is 24.3 Å². The molecule has 0 saturated heterocycles. The summed E-state index contributed by atoms with van der Waals surface area (Å²) in [5, 5.41) is 13.9. The number of hydrogen-bond acceptors (Lipinski definition) is 8. The maximum Gasteiger partial charge on any atom is 0.313 e. The third kappa shape index (κ3) is 5.47. The van der Waals surface area contributed by atoms with E-state index in [1.54, 1.807) is 60.9 Å². The van der Waals surface area contributed by atoms with E-state index >= 15 is 0 Å². The number of pyridine rings is 1. The van der Waals surface area contributed by atoms with E-state index < -0.39 is 17.4 Å². The lowest BCUT2D eigenvalue weighted by Gasteiger charge is -2.14. The average molecular weight is 547 g/mol. The molecule has 202 valence electrons. The Bertz CT molecular complexity index is 1880. The lowest BCUT2D eigenvalue weighted by molar-refractivity contribution is -0.121. The summed E-state index contributed by atoms with van der Waals surface area (Å²) in [6.45, 7) is -0.117. The molecule has 4 heterocycles. The van der Waals surface area contributed by atoms with E-state index in [0.29, 0.717) is 11.1 Å². The van der Waals surface area contributed by atoms with Crippen LogP contribution in [-0.2, 0) is 17.9 Å². The van der Waals surface area contributed by atoms with Gasteiger partial charge in [0.25, 0.3) is 5.56 Å². The normalized spacial score (nSPS) is 10.9. The first-order chi connectivity index (χ1) is 20.0. The molecule has 0 spiro atoms. The van der Waals surface area contributed by atoms with Crippen LogP contribution in [0.2, 0.25) is 0 Å². The Hall–Kier alpha value is -5.91. The second-order valence-corrected chi connectivity index (χ2v) is 9.02. The highest BCUT2D eigenvalue weighted by Crippen LogP contribution is 2.19. The van der Waals surface area contributed by atoms with Gasteiger partial charge in [-0.1, -0.05) is 48.5 Å². The molecule has 0 aliphatic rings. The number of aromatic nitrogens is 6. The molecule has 0 aliphatic heterocycles. The smallest absolute Gasteiger partial charge is 0.313 e. The van der Waals surface area contributed by atoms with Crippen molar-refractivity contribution in [3.63, 3.8) is 0 Å². The highest BCUT2D eigenvalue weighted by atomic mass is 16.4. The number of carbonyl (C=O) groups excluding carboxylic acids is 2. The van der Waals surface area contributed by atoms with E-state index in [1.807, 2.05) is 24.3 Å². The molecule has 2 aromatic carbocycles. The fraction of sp³-hybridized carbons (Fsp3) is 0.0690. The molecule has 0 atom stereocenters. The van der Waals surface area contributed by atoms with Gasteiger partial charge < -0.3 is 20.0 Å². The van der Waals surface area contributed by atoms with Crippen LogP contribution in [0.5, 0.6) is 0 Å². The zero-order chi connectivity index (χ0) is 28.2. The Kier molecular flexibility index (Phi) is 6.85. The highest BCUT2D eigenvalue weighted by Gasteiger charge is 2.20. The van der Waals surface area contributed by atoms with Gasteiger partial charge in [0.15, 0.2) is 0 Å². The molecule has 3 N–H and O–H groups in total. The summed E-state index contributed by atoms with van der Waals surface area (Å²) >= 11 is 0. The number of carbonyl (C=O) groups is 2. The van der Waals surface area contributed by atoms with E-state index in [4.69, 9.17) is 4.42 Å². The van der Waals surface area contributed by atoms with Gasteiger partial charge in [-0.3, -0.25) is 23.9 Å². The number of H-pyrrole nitrogens is 1. The minimum absolute atomic E-state index is 0.148. The first kappa shape index (κ1) is 25.4. The predicted molar refractivity (Wildman–Crippen MR) is 150 cm³/mol. The summed E-state index contributed by atoms with van der Waals surface area (Å²) in [6.07, 6.45) is 4.65. The molecule has 2 amide bonds. The number of amides is 2. The SMILES string of the molecule is O=C(Cn1c(-c2ccccc2)ncc(NC(=O)c2nnc(-c3ccccc3)o2)c1=O)NCc1cc2cnccc2[nH]1. The fourth-order valence-electron chi connectivity index (χ4n) is 4.25. The molecule has 0 radical (unpaired) electrons. The van der Waals surface area contributed by atoms with Crippen molar-refractivity contribution in [2.24, 2.45) is 0 Å². The van der Waals surface area contributed by atoms with E-state index in [-0.39, 0.29) is 36.4 Å². The minimum atomic E-state index is -0.782. The molecule has 12 nitrogen and oxygen atoms in total. The lowest BCUT2D eigenvalue weighted by atomic mass is 10.2. The highest BCUT2D eigenvalue weighted by molar-refractivity contribution is 6.00. The van der Waals surface area contributed by atoms with Gasteiger partial charge in [-0.2, -0.15) is 0 Å². The van der Waals surface area contributed by atoms with Gasteiger partial charge in [-0.25, -0.2) is 4.98 Å². The van der Waals surface area contributed by atoms with Gasteiger partial charge in [0.1, 0.15) is 18.1 Å². The molecular weight excluding hydrogens is 524 g/mol. The average Bonchev–Trinajstić information content (AvgIpc) is 3.67. The Labute approximate surface area is 232 Å². The summed E-state index contributed by atoms with van der Waals surface area (Å²) in [5.41, 5.74) is 2.18. The summed E-state index contributed by atoms with van der Waals surface area (Å²) < 4.78 is 6.70. The molecule has 0 saturated carbocycles. The van der Waals surface area contributed by atoms with E-state index in [2.05, 4.69) is 35.8 Å². The Balaban J connectivity index is 1.24. The van der Waals surface area contributed by atoms with Crippen LogP contribution in [0.25, 0.3) is 33.7 Å². The van der Waals surface area contributed by atoms with Crippen LogP contribution in [0, 0.1) is 0 Å². The molecule has 6 rings (SSSR count). The van der Waals surface area contributed by atoms with Crippen molar-refractivity contribution in [3.05, 3.63) is 113 Å². The molecular formula is C29H22N8O4. The van der Waals surface area contributed by atoms with Crippen molar-refractivity contribution in [1.82, 2.24) is 35.0 Å². The molecule has 0 unspecified atom stereocenters. The Morgan fingerprint density at radius 1 is 0.927 bits per heavy atom. The van der Waals surface area contributed by atoms with Gasteiger partial charge in [-0.15, -0.1) is 10.2 Å². The van der Waals surface area contributed by atoms with Crippen molar-refractivity contribution < 1.29 is 14.0 Å². The van der Waals surface area contributed by atoms with E-state index in [1.165, 1.54) is 10.8 Å². The third-order valence-electron chi connectivity index (χ3n) is 6.22. The van der Waals surface area contributed by atoms with Crippen molar-refractivity contribution in [2.75, 3.05) is 5.32 Å². The topological polar surface area (TPSA) is 161 Å². The number of aromatic amines is 1. The number of rotatable bonds is 8. The molecule has 4 aromatic heterocycles. The quantitative estimate of drug-likeness (QED) is 0.262. The summed E-state index contributed by atoms with van der Waals surface area (Å²) in [6, 6.07) is 21.7. The van der Waals surface area contributed by atoms with Gasteiger partial charge in [0.2, 0.25) is 11.8 Å². The monoisotopic (exact) mass is 546 g/mol. The van der Waals surface area contributed by atoms with Crippen LogP contribution >= 0.6 is 0 Å². The van der Waals surface area contributed by atoms with Crippen molar-refractivity contribution in [2.45, 2.75) is 13.1 Å². The molecule has 0 aliphatic carbocycles. The second-order valence-electron chi connectivity index (χ2n) is 9.02. The standard InChI is InChI=1S/C29H22N8O4/c38-24(31-15-21-13-20-14-30-12-11-22(20)33-21)17-37-25(18-7-3-1-4-8-18)32-16-23(29(37)40)34-26(39)28-36-35-27(41-28)19-9-5-2-6-10-19/h1-14,16,33H,15,17H2,(H,31,38)(H,34,39). The molecule has 0 bridgehead atoms. The molecule has 12 heteroatoms. The van der Waals surface area contributed by atoms with Crippen LogP contribution in [0.3, 0.4) is 0 Å². The maximum atomic E-state index is 13.5. The summed E-state index contributed by atoms with van der Waals surface area (Å²) in [7, 11) is 0. The predicted octanol–water partition coefficient (Wildman–Crippen LogP) is 3.41. The maximum absolute atomic E-state index is 13.5. The van der Waals surface area contributed by atoms with Gasteiger partial charge >= 0.3 is 11.8 Å². The minimum Gasteiger partial charge on any atom is -0.412 e. The first-order valence-electron chi connectivity index (χ1n) is 12.6. The number of hydrogen-bond donors (Lipinski definition) is 3. The number of anilines is 1. The summed E-state index contributed by atoms with van der Waals surface area (Å²) in [5.74, 6) is -1.10. The molecule has 6 aromatic rings. The molecule has 0 fully saturated rings. The van der Waals surface area contributed by atoms with Crippen LogP contribution in [0.1, 0.15) is 16.4 Å². The zero-order valence-corrected chi connectivity index (χ0v) is 21.4. The number of nitrogens with zero attached hydrogens (tertiary/aromatic N) is 5. The largest absolute Gasteiger partial charge is 0.412 e. The van der Waals surface area contributed by atoms with Crippen molar-refractivity contribution in [1.29, 1.82) is 0 Å². The first-order valence-corrected chi connectivity index (χ1v) is 12.6. The van der Waals surface area contributed by atoms with Crippen molar-refractivity contribution >= 4 is 28.4 Å². The third-order valence-corrected chi connectivity index (χ3v) is 6.22. The van der Waals surface area contributed by atoms with Gasteiger partial charge in [0.05, 0.1) is 12.7 Å². The number of benzene rings is 2. The van der Waals surface area contributed by atoms with E-state index in [0.717, 1.165) is 16.6 Å². The number of fused-ring (bicyclic) bond motifs is 1. The van der Waals surface area contributed by atoms with Crippen LogP contribution in [0.4, 0.5) is 5.69 Å². The molecule has 41 heavy (non-hydrogen) atoms. The summed E-state index contributed by atoms with van der Waals surface area (Å²) in [4.78, 5) is 51.1. The fourth-order valence-corrected chi connectivity index (χ4v) is 4.25. The van der Waals surface area contributed by atoms with Crippen LogP contribution in [-0.4, -0.2) is 41.5 Å². The lowest BCUT2D eigenvalue weighted by Crippen LogP contribution is -2.35. The van der Waals surface area contributed by atoms with Crippen molar-refractivity contribution in [3.8, 4) is 22.8 Å². The van der Waals surface area contributed by atoms with Crippen LogP contribution in [0.15, 0.2) is 101 Å². The Morgan fingerprint density at radius 2 is 1.68 bits per heavy atom. The van der Waals surface area contributed by atoms with Crippen LogP contribution < -0.4 is 16.2 Å². The number of nitrogens with one attached hydrogen (secondary N) is 3. The van der Waals surface area contributed by atoms with Gasteiger partial charge in [0, 0.05) is 40.1 Å². The second kappa shape index (κ2) is 11.1. The Morgan fingerprint density at radius 3 is 2.44 bits per heavy atom.